The number of rotatable bonds is 6. The van der Waals surface area contributed by atoms with Crippen LogP contribution in [0.1, 0.15) is 17.4 Å². The first-order valence-corrected chi connectivity index (χ1v) is 10.9. The zero-order valence-corrected chi connectivity index (χ0v) is 16.2. The largest absolute Gasteiger partial charge is 0.326 e. The first-order valence-electron chi connectivity index (χ1n) is 8.63. The molecular weight excluding hydrogens is 338 g/mol. The van der Waals surface area contributed by atoms with E-state index < -0.39 is 0 Å². The number of hydrogen-bond acceptors (Lipinski definition) is 5. The molecule has 2 fully saturated rings. The predicted octanol–water partition coefficient (Wildman–Crippen LogP) is 2.62. The predicted molar refractivity (Wildman–Crippen MR) is 104 cm³/mol. The summed E-state index contributed by atoms with van der Waals surface area (Å²) in [6, 6.07) is 8.67. The molecule has 0 saturated carbocycles. The van der Waals surface area contributed by atoms with E-state index >= 15 is 0 Å². The second-order valence-corrected chi connectivity index (χ2v) is 8.47. The number of amides is 1. The molecule has 0 aliphatic carbocycles. The van der Waals surface area contributed by atoms with Gasteiger partial charge in [0.05, 0.1) is 5.75 Å². The number of likely N-dealkylation sites (N-methyl/N-ethyl adjacent to an activating group) is 1. The van der Waals surface area contributed by atoms with Crippen molar-refractivity contribution < 1.29 is 4.79 Å². The van der Waals surface area contributed by atoms with E-state index in [4.69, 9.17) is 0 Å². The summed E-state index contributed by atoms with van der Waals surface area (Å²) in [4.78, 5) is 20.5. The Balaban J connectivity index is 1.53. The van der Waals surface area contributed by atoms with Crippen LogP contribution in [-0.4, -0.2) is 78.9 Å². The number of carbonyl (C=O) groups is 1. The fourth-order valence-corrected chi connectivity index (χ4v) is 4.90. The van der Waals surface area contributed by atoms with Gasteiger partial charge in [-0.1, -0.05) is 12.1 Å². The fourth-order valence-electron chi connectivity index (χ4n) is 3.28. The summed E-state index contributed by atoms with van der Waals surface area (Å²) in [6.45, 7) is 6.58. The fraction of sp³-hybridized carbons (Fsp3) is 0.611. The number of hydrogen-bond donors (Lipinski definition) is 0. The molecule has 2 aliphatic rings. The van der Waals surface area contributed by atoms with Crippen molar-refractivity contribution in [1.82, 2.24) is 14.7 Å². The second-order valence-electron chi connectivity index (χ2n) is 6.52. The van der Waals surface area contributed by atoms with Crippen LogP contribution in [-0.2, 0) is 4.79 Å². The third-order valence-corrected chi connectivity index (χ3v) is 6.84. The Morgan fingerprint density at radius 1 is 1.12 bits per heavy atom. The second kappa shape index (κ2) is 8.61. The zero-order chi connectivity index (χ0) is 16.9. The van der Waals surface area contributed by atoms with Crippen LogP contribution in [0.2, 0.25) is 0 Å². The maximum atomic E-state index is 12.3. The lowest BCUT2D eigenvalue weighted by Crippen LogP contribution is -2.45. The summed E-state index contributed by atoms with van der Waals surface area (Å²) in [6.07, 6.45) is 3.16. The van der Waals surface area contributed by atoms with Crippen molar-refractivity contribution in [3.63, 3.8) is 0 Å². The van der Waals surface area contributed by atoms with Gasteiger partial charge in [-0.25, -0.2) is 0 Å². The number of nitrogens with zero attached hydrogens (tertiary/aromatic N) is 3. The van der Waals surface area contributed by atoms with Gasteiger partial charge < -0.3 is 14.7 Å². The van der Waals surface area contributed by atoms with Gasteiger partial charge in [0.25, 0.3) is 0 Å². The molecule has 2 saturated heterocycles. The van der Waals surface area contributed by atoms with Gasteiger partial charge in [-0.05, 0) is 44.0 Å². The van der Waals surface area contributed by atoms with Crippen molar-refractivity contribution in [2.24, 2.45) is 0 Å². The van der Waals surface area contributed by atoms with E-state index in [0.717, 1.165) is 45.7 Å². The van der Waals surface area contributed by atoms with Crippen molar-refractivity contribution >= 4 is 29.4 Å². The molecule has 0 aromatic heterocycles. The van der Waals surface area contributed by atoms with E-state index in [1.807, 2.05) is 0 Å². The molecule has 132 valence electrons. The number of benzene rings is 1. The number of thioether (sulfide) groups is 2. The lowest BCUT2D eigenvalue weighted by atomic mass is 10.2. The molecule has 0 bridgehead atoms. The van der Waals surface area contributed by atoms with Gasteiger partial charge in [-0.15, -0.1) is 23.5 Å². The number of piperazine rings is 1. The van der Waals surface area contributed by atoms with E-state index in [-0.39, 0.29) is 11.3 Å². The SMILES string of the molecule is CSc1ccc(C2SCC(=O)N2CCCN2CCN(C)CC2)cc1. The summed E-state index contributed by atoms with van der Waals surface area (Å²) in [7, 11) is 2.18. The summed E-state index contributed by atoms with van der Waals surface area (Å²) in [5, 5.41) is 0.195. The highest BCUT2D eigenvalue weighted by Crippen LogP contribution is 2.39. The van der Waals surface area contributed by atoms with E-state index in [0.29, 0.717) is 5.75 Å². The molecule has 1 aromatic carbocycles. The number of carbonyl (C=O) groups excluding carboxylic acids is 1. The maximum Gasteiger partial charge on any atom is 0.233 e. The van der Waals surface area contributed by atoms with Crippen LogP contribution in [0.15, 0.2) is 29.2 Å². The Morgan fingerprint density at radius 2 is 1.83 bits per heavy atom. The van der Waals surface area contributed by atoms with Crippen LogP contribution in [0.3, 0.4) is 0 Å². The lowest BCUT2D eigenvalue weighted by Gasteiger charge is -2.33. The molecule has 1 unspecified atom stereocenters. The van der Waals surface area contributed by atoms with E-state index in [1.54, 1.807) is 23.5 Å². The molecule has 24 heavy (non-hydrogen) atoms. The Morgan fingerprint density at radius 3 is 2.50 bits per heavy atom. The van der Waals surface area contributed by atoms with E-state index in [2.05, 4.69) is 52.3 Å². The summed E-state index contributed by atoms with van der Waals surface area (Å²) >= 11 is 3.52. The van der Waals surface area contributed by atoms with Crippen LogP contribution >= 0.6 is 23.5 Å². The van der Waals surface area contributed by atoms with Gasteiger partial charge >= 0.3 is 0 Å². The standard InChI is InChI=1S/C18H27N3OS2/c1-19-10-12-20(13-11-19)8-3-9-21-17(22)14-24-18(21)15-4-6-16(23-2)7-5-15/h4-7,18H,3,8-14H2,1-2H3. The summed E-state index contributed by atoms with van der Waals surface area (Å²) in [5.41, 5.74) is 1.25. The third-order valence-electron chi connectivity index (χ3n) is 4.84. The minimum absolute atomic E-state index is 0.195. The van der Waals surface area contributed by atoms with Gasteiger partial charge in [-0.2, -0.15) is 0 Å². The van der Waals surface area contributed by atoms with Crippen molar-refractivity contribution in [3.05, 3.63) is 29.8 Å². The van der Waals surface area contributed by atoms with Gasteiger partial charge in [0.2, 0.25) is 5.91 Å². The first-order chi connectivity index (χ1) is 11.7. The van der Waals surface area contributed by atoms with Gasteiger partial charge in [0.1, 0.15) is 5.37 Å². The van der Waals surface area contributed by atoms with Crippen molar-refractivity contribution in [2.75, 3.05) is 58.3 Å². The minimum atomic E-state index is 0.195. The molecule has 4 nitrogen and oxygen atoms in total. The van der Waals surface area contributed by atoms with E-state index in [9.17, 15) is 4.79 Å². The van der Waals surface area contributed by atoms with Crippen molar-refractivity contribution in [3.8, 4) is 0 Å². The molecule has 2 heterocycles. The smallest absolute Gasteiger partial charge is 0.233 e. The highest BCUT2D eigenvalue weighted by atomic mass is 32.2. The van der Waals surface area contributed by atoms with Crippen molar-refractivity contribution in [1.29, 1.82) is 0 Å². The monoisotopic (exact) mass is 365 g/mol. The Kier molecular flexibility index (Phi) is 6.49. The Hall–Kier alpha value is -0.690. The van der Waals surface area contributed by atoms with Gasteiger partial charge in [0.15, 0.2) is 0 Å². The molecule has 0 radical (unpaired) electrons. The van der Waals surface area contributed by atoms with Crippen LogP contribution in [0.25, 0.3) is 0 Å². The Labute approximate surface area is 153 Å². The summed E-state index contributed by atoms with van der Waals surface area (Å²) in [5.74, 6) is 0.904. The molecular formula is C18H27N3OS2. The zero-order valence-electron chi connectivity index (χ0n) is 14.6. The molecule has 1 aromatic rings. The molecule has 6 heteroatoms. The van der Waals surface area contributed by atoms with Gasteiger partial charge in [-0.3, -0.25) is 4.79 Å². The summed E-state index contributed by atoms with van der Waals surface area (Å²) < 4.78 is 0. The average Bonchev–Trinajstić information content (AvgIpc) is 2.98. The lowest BCUT2D eigenvalue weighted by molar-refractivity contribution is -0.128. The molecule has 3 rings (SSSR count). The molecule has 0 spiro atoms. The van der Waals surface area contributed by atoms with Crippen LogP contribution < -0.4 is 0 Å². The minimum Gasteiger partial charge on any atom is -0.326 e. The Bertz CT molecular complexity index is 544. The molecule has 0 N–H and O–H groups in total. The molecule has 2 aliphatic heterocycles. The van der Waals surface area contributed by atoms with Crippen LogP contribution in [0.4, 0.5) is 0 Å². The maximum absolute atomic E-state index is 12.3. The molecule has 1 atom stereocenters. The van der Waals surface area contributed by atoms with E-state index in [1.165, 1.54) is 10.5 Å². The molecule has 1 amide bonds. The average molecular weight is 366 g/mol. The topological polar surface area (TPSA) is 26.8 Å². The third kappa shape index (κ3) is 4.48. The quantitative estimate of drug-likeness (QED) is 0.722. The van der Waals surface area contributed by atoms with Crippen LogP contribution in [0, 0.1) is 0 Å². The highest BCUT2D eigenvalue weighted by molar-refractivity contribution is 8.00. The van der Waals surface area contributed by atoms with Crippen LogP contribution in [0.5, 0.6) is 0 Å². The normalized spacial score (nSPS) is 23.2. The highest BCUT2D eigenvalue weighted by Gasteiger charge is 2.32. The van der Waals surface area contributed by atoms with Crippen molar-refractivity contribution in [2.45, 2.75) is 16.7 Å². The first kappa shape index (κ1) is 18.1. The van der Waals surface area contributed by atoms with Gasteiger partial charge in [0, 0.05) is 37.6 Å².